The molecular weight excluding hydrogens is 248 g/mol. The van der Waals surface area contributed by atoms with Crippen LogP contribution in [0.25, 0.3) is 12.2 Å². The summed E-state index contributed by atoms with van der Waals surface area (Å²) in [6.07, 6.45) is 4.10. The molecular formula is C13H16N2S2. The number of thiophene rings is 1. The molecule has 2 N–H and O–H groups in total. The van der Waals surface area contributed by atoms with Crippen LogP contribution in [0.5, 0.6) is 0 Å². The summed E-state index contributed by atoms with van der Waals surface area (Å²) in [5, 5.41) is 2.58. The van der Waals surface area contributed by atoms with E-state index >= 15 is 0 Å². The van der Waals surface area contributed by atoms with E-state index in [4.69, 9.17) is 5.73 Å². The first-order valence-electron chi connectivity index (χ1n) is 5.44. The Balaban J connectivity index is 2.14. The van der Waals surface area contributed by atoms with E-state index in [1.165, 1.54) is 21.1 Å². The van der Waals surface area contributed by atoms with E-state index in [1.54, 1.807) is 0 Å². The number of thiazole rings is 1. The van der Waals surface area contributed by atoms with Gasteiger partial charge in [0, 0.05) is 15.1 Å². The fourth-order valence-corrected chi connectivity index (χ4v) is 2.89. The molecule has 0 spiro atoms. The highest BCUT2D eigenvalue weighted by Gasteiger charge is 2.15. The Morgan fingerprint density at radius 3 is 2.53 bits per heavy atom. The maximum atomic E-state index is 5.58. The van der Waals surface area contributed by atoms with Gasteiger partial charge in [0.2, 0.25) is 0 Å². The minimum absolute atomic E-state index is 0.224. The van der Waals surface area contributed by atoms with E-state index in [0.717, 1.165) is 5.69 Å². The Hall–Kier alpha value is -1.13. The van der Waals surface area contributed by atoms with Crippen molar-refractivity contribution in [3.05, 3.63) is 33.0 Å². The van der Waals surface area contributed by atoms with Gasteiger partial charge in [0.15, 0.2) is 5.13 Å². The van der Waals surface area contributed by atoms with Gasteiger partial charge >= 0.3 is 0 Å². The van der Waals surface area contributed by atoms with Gasteiger partial charge in [-0.3, -0.25) is 0 Å². The maximum absolute atomic E-state index is 5.58. The number of anilines is 1. The molecule has 0 fully saturated rings. The molecule has 2 heterocycles. The van der Waals surface area contributed by atoms with Gasteiger partial charge < -0.3 is 5.73 Å². The molecule has 0 aromatic carbocycles. The number of nitrogens with zero attached hydrogens (tertiary/aromatic N) is 1. The third-order valence-corrected chi connectivity index (χ3v) is 4.49. The van der Waals surface area contributed by atoms with Crippen molar-refractivity contribution in [3.63, 3.8) is 0 Å². The number of rotatable bonds is 2. The summed E-state index contributed by atoms with van der Waals surface area (Å²) in [5.41, 5.74) is 6.74. The Labute approximate surface area is 110 Å². The van der Waals surface area contributed by atoms with Crippen LogP contribution >= 0.6 is 22.7 Å². The number of aromatic nitrogens is 1. The lowest BCUT2D eigenvalue weighted by atomic mass is 9.95. The predicted octanol–water partition coefficient (Wildman–Crippen LogP) is 4.25. The van der Waals surface area contributed by atoms with Gasteiger partial charge in [-0.25, -0.2) is 4.98 Å². The molecule has 0 amide bonds. The van der Waals surface area contributed by atoms with E-state index in [9.17, 15) is 0 Å². The summed E-state index contributed by atoms with van der Waals surface area (Å²) in [5.74, 6) is 0. The molecule has 0 aliphatic heterocycles. The van der Waals surface area contributed by atoms with Crippen LogP contribution in [0, 0.1) is 0 Å². The molecule has 4 heteroatoms. The van der Waals surface area contributed by atoms with Gasteiger partial charge in [-0.1, -0.05) is 20.8 Å². The zero-order chi connectivity index (χ0) is 12.5. The summed E-state index contributed by atoms with van der Waals surface area (Å²) < 4.78 is 0. The van der Waals surface area contributed by atoms with Crippen LogP contribution in [0.2, 0.25) is 0 Å². The fraction of sp³-hybridized carbons (Fsp3) is 0.308. The van der Waals surface area contributed by atoms with E-state index < -0.39 is 0 Å². The molecule has 0 radical (unpaired) electrons. The second-order valence-corrected chi connectivity index (χ2v) is 6.90. The lowest BCUT2D eigenvalue weighted by Gasteiger charge is -2.15. The number of hydrogen-bond donors (Lipinski definition) is 1. The van der Waals surface area contributed by atoms with Crippen molar-refractivity contribution < 1.29 is 0 Å². The summed E-state index contributed by atoms with van der Waals surface area (Å²) in [4.78, 5) is 6.84. The second kappa shape index (κ2) is 4.63. The highest BCUT2D eigenvalue weighted by atomic mass is 32.1. The van der Waals surface area contributed by atoms with E-state index in [1.807, 2.05) is 22.8 Å². The highest BCUT2D eigenvalue weighted by Crippen LogP contribution is 2.30. The molecule has 2 aromatic rings. The second-order valence-electron chi connectivity index (χ2n) is 4.90. The van der Waals surface area contributed by atoms with Gasteiger partial charge in [0.25, 0.3) is 0 Å². The van der Waals surface area contributed by atoms with Crippen LogP contribution in [-0.2, 0) is 5.41 Å². The van der Waals surface area contributed by atoms with Gasteiger partial charge in [-0.05, 0) is 29.7 Å². The topological polar surface area (TPSA) is 38.9 Å². The molecule has 0 saturated carbocycles. The Morgan fingerprint density at radius 2 is 2.00 bits per heavy atom. The molecule has 0 unspecified atom stereocenters. The number of hydrogen-bond acceptors (Lipinski definition) is 4. The zero-order valence-electron chi connectivity index (χ0n) is 10.2. The van der Waals surface area contributed by atoms with Crippen LogP contribution in [0.15, 0.2) is 17.5 Å². The van der Waals surface area contributed by atoms with Crippen molar-refractivity contribution >= 4 is 40.0 Å². The van der Waals surface area contributed by atoms with Crippen molar-refractivity contribution in [1.82, 2.24) is 4.98 Å². The Bertz CT molecular complexity index is 530. The molecule has 0 aliphatic carbocycles. The van der Waals surface area contributed by atoms with Crippen molar-refractivity contribution in [2.24, 2.45) is 0 Å². The zero-order valence-corrected chi connectivity index (χ0v) is 11.9. The first-order chi connectivity index (χ1) is 7.95. The molecule has 0 bridgehead atoms. The quantitative estimate of drug-likeness (QED) is 0.880. The van der Waals surface area contributed by atoms with Crippen LogP contribution in [-0.4, -0.2) is 4.98 Å². The van der Waals surface area contributed by atoms with Crippen LogP contribution in [0.1, 0.15) is 36.2 Å². The summed E-state index contributed by atoms with van der Waals surface area (Å²) in [6, 6.07) is 4.34. The average molecular weight is 264 g/mol. The van der Waals surface area contributed by atoms with Gasteiger partial charge in [0.1, 0.15) is 0 Å². The molecule has 90 valence electrons. The maximum Gasteiger partial charge on any atom is 0.180 e. The first kappa shape index (κ1) is 12.3. The molecule has 0 saturated heterocycles. The smallest absolute Gasteiger partial charge is 0.180 e. The summed E-state index contributed by atoms with van der Waals surface area (Å²) >= 11 is 3.29. The summed E-state index contributed by atoms with van der Waals surface area (Å²) in [6.45, 7) is 6.69. The number of nitrogens with two attached hydrogens (primary N) is 1. The largest absolute Gasteiger partial charge is 0.375 e. The lowest BCUT2D eigenvalue weighted by Crippen LogP contribution is -2.07. The monoisotopic (exact) mass is 264 g/mol. The lowest BCUT2D eigenvalue weighted by molar-refractivity contribution is 0.604. The van der Waals surface area contributed by atoms with E-state index in [2.05, 4.69) is 44.0 Å². The minimum Gasteiger partial charge on any atom is -0.375 e. The molecule has 0 aliphatic rings. The normalized spacial score (nSPS) is 12.4. The average Bonchev–Trinajstić information content (AvgIpc) is 2.82. The summed E-state index contributed by atoms with van der Waals surface area (Å²) in [7, 11) is 0. The molecule has 2 nitrogen and oxygen atoms in total. The molecule has 2 rings (SSSR count). The van der Waals surface area contributed by atoms with Crippen LogP contribution < -0.4 is 5.73 Å². The Kier molecular flexibility index (Phi) is 3.35. The van der Waals surface area contributed by atoms with Crippen LogP contribution in [0.4, 0.5) is 5.13 Å². The van der Waals surface area contributed by atoms with Crippen molar-refractivity contribution in [1.29, 1.82) is 0 Å². The van der Waals surface area contributed by atoms with Crippen LogP contribution in [0.3, 0.4) is 0 Å². The third kappa shape index (κ3) is 3.17. The van der Waals surface area contributed by atoms with Crippen molar-refractivity contribution in [2.45, 2.75) is 26.2 Å². The molecule has 2 aromatic heterocycles. The number of nitrogen functional groups attached to an aromatic ring is 1. The van der Waals surface area contributed by atoms with E-state index in [0.29, 0.717) is 5.13 Å². The fourth-order valence-electron chi connectivity index (χ4n) is 1.39. The van der Waals surface area contributed by atoms with Gasteiger partial charge in [-0.15, -0.1) is 22.7 Å². The third-order valence-electron chi connectivity index (χ3n) is 2.32. The van der Waals surface area contributed by atoms with Gasteiger partial charge in [-0.2, -0.15) is 0 Å². The molecule has 17 heavy (non-hydrogen) atoms. The Morgan fingerprint density at radius 1 is 1.24 bits per heavy atom. The van der Waals surface area contributed by atoms with Crippen molar-refractivity contribution in [2.75, 3.05) is 5.73 Å². The highest BCUT2D eigenvalue weighted by molar-refractivity contribution is 7.13. The SMILES string of the molecule is CC(C)(C)c1ccc(/C=C/c2csc(N)n2)s1. The minimum atomic E-state index is 0.224. The predicted molar refractivity (Wildman–Crippen MR) is 78.5 cm³/mol. The first-order valence-corrected chi connectivity index (χ1v) is 7.14. The molecule has 0 atom stereocenters. The standard InChI is InChI=1S/C13H16N2S2/c1-13(2,3)11-7-6-10(17-11)5-4-9-8-16-12(14)15-9/h4-8H,1-3H3,(H2,14,15)/b5-4+. The van der Waals surface area contributed by atoms with E-state index in [-0.39, 0.29) is 5.41 Å². The van der Waals surface area contributed by atoms with Crippen molar-refractivity contribution in [3.8, 4) is 0 Å². The van der Waals surface area contributed by atoms with Gasteiger partial charge in [0.05, 0.1) is 5.69 Å².